The highest BCUT2D eigenvalue weighted by Crippen LogP contribution is 2.24. The first-order valence-corrected chi connectivity index (χ1v) is 8.86. The van der Waals surface area contributed by atoms with E-state index in [0.717, 1.165) is 38.9 Å². The van der Waals surface area contributed by atoms with Crippen LogP contribution in [0.5, 0.6) is 0 Å². The predicted octanol–water partition coefficient (Wildman–Crippen LogP) is 0.939. The summed E-state index contributed by atoms with van der Waals surface area (Å²) in [6, 6.07) is 0. The van der Waals surface area contributed by atoms with Crippen molar-refractivity contribution in [2.24, 2.45) is 5.92 Å². The van der Waals surface area contributed by atoms with Crippen molar-refractivity contribution in [3.63, 3.8) is 0 Å². The van der Waals surface area contributed by atoms with Gasteiger partial charge in [-0.05, 0) is 39.7 Å². The van der Waals surface area contributed by atoms with Crippen LogP contribution in [0.1, 0.15) is 39.5 Å². The van der Waals surface area contributed by atoms with Crippen molar-refractivity contribution in [1.82, 2.24) is 9.80 Å². The van der Waals surface area contributed by atoms with Gasteiger partial charge < -0.3 is 19.8 Å². The highest BCUT2D eigenvalue weighted by molar-refractivity contribution is 4.79. The van der Waals surface area contributed by atoms with Crippen LogP contribution in [-0.4, -0.2) is 84.2 Å². The molecule has 130 valence electrons. The van der Waals surface area contributed by atoms with E-state index in [9.17, 15) is 10.2 Å². The molecule has 1 saturated heterocycles. The fraction of sp³-hybridized carbons (Fsp3) is 1.00. The van der Waals surface area contributed by atoms with Crippen molar-refractivity contribution in [2.45, 2.75) is 63.9 Å². The zero-order valence-corrected chi connectivity index (χ0v) is 14.4. The van der Waals surface area contributed by atoms with E-state index in [1.165, 1.54) is 6.42 Å². The summed E-state index contributed by atoms with van der Waals surface area (Å²) in [6.07, 6.45) is 4.40. The van der Waals surface area contributed by atoms with E-state index >= 15 is 0 Å². The molecule has 5 nitrogen and oxygen atoms in total. The Hall–Kier alpha value is -0.200. The molecule has 0 radical (unpaired) electrons. The third-order valence-corrected chi connectivity index (χ3v) is 4.90. The summed E-state index contributed by atoms with van der Waals surface area (Å²) in [4.78, 5) is 4.48. The topological polar surface area (TPSA) is 56.2 Å². The van der Waals surface area contributed by atoms with Gasteiger partial charge >= 0.3 is 0 Å². The number of nitrogens with zero attached hydrogens (tertiary/aromatic N) is 2. The number of β-amino-alcohol motifs (C(OH)–C–C–N with tert-alkyl or cyclic N) is 1. The van der Waals surface area contributed by atoms with Gasteiger partial charge in [-0.2, -0.15) is 0 Å². The number of aliphatic hydroxyl groups is 2. The Labute approximate surface area is 135 Å². The summed E-state index contributed by atoms with van der Waals surface area (Å²) in [7, 11) is 2.05. The number of hydrogen-bond acceptors (Lipinski definition) is 5. The lowest BCUT2D eigenvalue weighted by Crippen LogP contribution is -2.49. The molecule has 1 heterocycles. The largest absolute Gasteiger partial charge is 0.393 e. The minimum Gasteiger partial charge on any atom is -0.393 e. The second-order valence-electron chi connectivity index (χ2n) is 7.46. The van der Waals surface area contributed by atoms with Crippen LogP contribution in [0.25, 0.3) is 0 Å². The normalized spacial score (nSPS) is 35.7. The molecule has 0 aromatic heterocycles. The number of likely N-dealkylation sites (N-methyl/N-ethyl adjacent to an activating group) is 1. The highest BCUT2D eigenvalue weighted by atomic mass is 16.5. The van der Waals surface area contributed by atoms with Crippen LogP contribution < -0.4 is 0 Å². The molecule has 0 bridgehead atoms. The number of hydrogen-bond donors (Lipinski definition) is 2. The van der Waals surface area contributed by atoms with Gasteiger partial charge in [0.05, 0.1) is 24.4 Å². The standard InChI is InChI=1S/C17H34N2O3/c1-13-8-19(9-14(2)22-13)12-16(20)11-18(3)10-15-6-4-5-7-17(15)21/h13-17,20-21H,4-12H2,1-3H3. The van der Waals surface area contributed by atoms with Crippen molar-refractivity contribution in [2.75, 3.05) is 39.8 Å². The van der Waals surface area contributed by atoms with Gasteiger partial charge in [0.1, 0.15) is 0 Å². The maximum atomic E-state index is 10.4. The van der Waals surface area contributed by atoms with Crippen LogP contribution in [-0.2, 0) is 4.74 Å². The lowest BCUT2D eigenvalue weighted by molar-refractivity contribution is -0.0781. The quantitative estimate of drug-likeness (QED) is 0.764. The second kappa shape index (κ2) is 8.60. The summed E-state index contributed by atoms with van der Waals surface area (Å²) in [5, 5.41) is 20.4. The smallest absolute Gasteiger partial charge is 0.0793 e. The first-order chi connectivity index (χ1) is 10.4. The minimum absolute atomic E-state index is 0.158. The average Bonchev–Trinajstić information content (AvgIpc) is 2.39. The summed E-state index contributed by atoms with van der Waals surface area (Å²) in [6.45, 7) is 8.23. The SMILES string of the molecule is CC1CN(CC(O)CN(C)CC2CCCCC2O)CC(C)O1. The molecule has 2 fully saturated rings. The molecule has 5 atom stereocenters. The Bertz CT molecular complexity index is 319. The summed E-state index contributed by atoms with van der Waals surface area (Å²) in [5.41, 5.74) is 0. The first kappa shape index (κ1) is 18.1. The van der Waals surface area contributed by atoms with Crippen LogP contribution in [0.4, 0.5) is 0 Å². The Balaban J connectivity index is 1.70. The molecule has 5 unspecified atom stereocenters. The van der Waals surface area contributed by atoms with Crippen LogP contribution >= 0.6 is 0 Å². The number of morpholine rings is 1. The lowest BCUT2D eigenvalue weighted by atomic mass is 9.86. The van der Waals surface area contributed by atoms with Crippen molar-refractivity contribution >= 4 is 0 Å². The van der Waals surface area contributed by atoms with Crippen molar-refractivity contribution in [1.29, 1.82) is 0 Å². The second-order valence-corrected chi connectivity index (χ2v) is 7.46. The van der Waals surface area contributed by atoms with E-state index in [1.807, 2.05) is 0 Å². The van der Waals surface area contributed by atoms with Gasteiger partial charge in [0.25, 0.3) is 0 Å². The Morgan fingerprint density at radius 2 is 1.82 bits per heavy atom. The molecular weight excluding hydrogens is 280 g/mol. The molecular formula is C17H34N2O3. The van der Waals surface area contributed by atoms with Gasteiger partial charge in [0.15, 0.2) is 0 Å². The summed E-state index contributed by atoms with van der Waals surface area (Å²) in [5.74, 6) is 0.370. The van der Waals surface area contributed by atoms with E-state index in [-0.39, 0.29) is 24.4 Å². The van der Waals surface area contributed by atoms with Gasteiger partial charge in [-0.1, -0.05) is 12.8 Å². The molecule has 1 aliphatic carbocycles. The van der Waals surface area contributed by atoms with Crippen LogP contribution in [0.15, 0.2) is 0 Å². The van der Waals surface area contributed by atoms with E-state index in [0.29, 0.717) is 19.0 Å². The molecule has 22 heavy (non-hydrogen) atoms. The van der Waals surface area contributed by atoms with E-state index in [1.54, 1.807) is 0 Å². The van der Waals surface area contributed by atoms with Gasteiger partial charge in [-0.15, -0.1) is 0 Å². The summed E-state index contributed by atoms with van der Waals surface area (Å²) >= 11 is 0. The van der Waals surface area contributed by atoms with Gasteiger partial charge in [-0.3, -0.25) is 4.90 Å². The Morgan fingerprint density at radius 1 is 1.18 bits per heavy atom. The van der Waals surface area contributed by atoms with Crippen molar-refractivity contribution < 1.29 is 14.9 Å². The molecule has 1 saturated carbocycles. The molecule has 0 aromatic carbocycles. The number of ether oxygens (including phenoxy) is 1. The molecule has 0 spiro atoms. The fourth-order valence-electron chi connectivity index (χ4n) is 4.02. The maximum absolute atomic E-state index is 10.4. The zero-order valence-electron chi connectivity index (χ0n) is 14.4. The van der Waals surface area contributed by atoms with Gasteiger partial charge in [0.2, 0.25) is 0 Å². The predicted molar refractivity (Wildman–Crippen MR) is 87.9 cm³/mol. The van der Waals surface area contributed by atoms with E-state index < -0.39 is 0 Å². The minimum atomic E-state index is -0.344. The molecule has 1 aliphatic heterocycles. The third kappa shape index (κ3) is 5.78. The monoisotopic (exact) mass is 314 g/mol. The Kier molecular flexibility index (Phi) is 7.09. The number of aliphatic hydroxyl groups excluding tert-OH is 2. The maximum Gasteiger partial charge on any atom is 0.0793 e. The van der Waals surface area contributed by atoms with Crippen LogP contribution in [0, 0.1) is 5.92 Å². The molecule has 0 amide bonds. The van der Waals surface area contributed by atoms with Crippen molar-refractivity contribution in [3.05, 3.63) is 0 Å². The average molecular weight is 314 g/mol. The van der Waals surface area contributed by atoms with Crippen LogP contribution in [0.3, 0.4) is 0 Å². The van der Waals surface area contributed by atoms with Crippen LogP contribution in [0.2, 0.25) is 0 Å². The molecule has 0 aromatic rings. The first-order valence-electron chi connectivity index (χ1n) is 8.86. The third-order valence-electron chi connectivity index (χ3n) is 4.90. The number of rotatable bonds is 6. The molecule has 5 heteroatoms. The molecule has 2 aliphatic rings. The Morgan fingerprint density at radius 3 is 2.45 bits per heavy atom. The molecule has 2 rings (SSSR count). The fourth-order valence-corrected chi connectivity index (χ4v) is 4.02. The highest BCUT2D eigenvalue weighted by Gasteiger charge is 2.26. The van der Waals surface area contributed by atoms with Gasteiger partial charge in [0, 0.05) is 32.7 Å². The molecule has 2 N–H and O–H groups in total. The van der Waals surface area contributed by atoms with E-state index in [2.05, 4.69) is 30.7 Å². The zero-order chi connectivity index (χ0) is 16.1. The van der Waals surface area contributed by atoms with E-state index in [4.69, 9.17) is 4.74 Å². The van der Waals surface area contributed by atoms with Crippen molar-refractivity contribution in [3.8, 4) is 0 Å². The summed E-state index contributed by atoms with van der Waals surface area (Å²) < 4.78 is 5.73. The lowest BCUT2D eigenvalue weighted by Gasteiger charge is -2.37. The van der Waals surface area contributed by atoms with Gasteiger partial charge in [-0.25, -0.2) is 0 Å².